The van der Waals surface area contributed by atoms with Gasteiger partial charge in [0.2, 0.25) is 6.79 Å². The second kappa shape index (κ2) is 4.65. The van der Waals surface area contributed by atoms with Crippen molar-refractivity contribution in [1.82, 2.24) is 4.98 Å². The molecule has 1 aromatic heterocycles. The lowest BCUT2D eigenvalue weighted by Crippen LogP contribution is -2.18. The molecule has 0 saturated carbocycles. The van der Waals surface area contributed by atoms with Crippen LogP contribution in [0.25, 0.3) is 6.08 Å². The van der Waals surface area contributed by atoms with Crippen LogP contribution < -0.4 is 9.47 Å². The van der Waals surface area contributed by atoms with E-state index in [-0.39, 0.29) is 12.9 Å². The van der Waals surface area contributed by atoms with Gasteiger partial charge in [-0.3, -0.25) is 0 Å². The summed E-state index contributed by atoms with van der Waals surface area (Å²) in [5.74, 6) is 1.63. The molecular weight excluding hydrogens is 278 g/mol. The van der Waals surface area contributed by atoms with Crippen molar-refractivity contribution in [2.24, 2.45) is 0 Å². The van der Waals surface area contributed by atoms with Crippen molar-refractivity contribution in [2.45, 2.75) is 25.4 Å². The van der Waals surface area contributed by atoms with Gasteiger partial charge in [0.05, 0.1) is 12.3 Å². The van der Waals surface area contributed by atoms with Crippen LogP contribution >= 0.6 is 0 Å². The molecule has 0 saturated heterocycles. The van der Waals surface area contributed by atoms with E-state index in [1.807, 2.05) is 12.1 Å². The van der Waals surface area contributed by atoms with Crippen LogP contribution in [0.5, 0.6) is 11.5 Å². The summed E-state index contributed by atoms with van der Waals surface area (Å²) >= 11 is 0. The van der Waals surface area contributed by atoms with Crippen LogP contribution in [0.3, 0.4) is 0 Å². The quantitative estimate of drug-likeness (QED) is 0.877. The number of para-hydroxylation sites is 1. The molecule has 0 radical (unpaired) electrons. The summed E-state index contributed by atoms with van der Waals surface area (Å²) in [5.41, 5.74) is 6.39. The van der Waals surface area contributed by atoms with Crippen LogP contribution in [-0.2, 0) is 17.6 Å². The molecule has 1 unspecified atom stereocenters. The van der Waals surface area contributed by atoms with Crippen molar-refractivity contribution in [3.05, 3.63) is 52.4 Å². The van der Waals surface area contributed by atoms with Crippen molar-refractivity contribution < 1.29 is 14.2 Å². The summed E-state index contributed by atoms with van der Waals surface area (Å²) in [6.45, 7) is 1.03. The number of aromatic amines is 1. The van der Waals surface area contributed by atoms with Gasteiger partial charge in [0.25, 0.3) is 0 Å². The van der Waals surface area contributed by atoms with Gasteiger partial charge in [-0.05, 0) is 42.5 Å². The van der Waals surface area contributed by atoms with E-state index in [4.69, 9.17) is 14.2 Å². The van der Waals surface area contributed by atoms with E-state index in [9.17, 15) is 0 Å². The van der Waals surface area contributed by atoms with E-state index in [1.54, 1.807) is 0 Å². The summed E-state index contributed by atoms with van der Waals surface area (Å²) in [5, 5.41) is 0. The Balaban J connectivity index is 1.66. The van der Waals surface area contributed by atoms with Crippen LogP contribution in [0.15, 0.2) is 24.3 Å². The number of allylic oxidation sites excluding steroid dienone is 1. The zero-order chi connectivity index (χ0) is 14.5. The standard InChI is InChI=1S/C18H17NO3/c1-2-6-14-11(4-1)12-8-9-20-18(16(12)19-14)13-5-3-7-15-17(13)22-10-21-15/h2-3,5-7,18-19H,1,4,8-10H2. The molecule has 22 heavy (non-hydrogen) atoms. The monoisotopic (exact) mass is 295 g/mol. The lowest BCUT2D eigenvalue weighted by Gasteiger charge is -2.25. The van der Waals surface area contributed by atoms with Crippen molar-refractivity contribution in [3.63, 3.8) is 0 Å². The molecule has 3 heterocycles. The summed E-state index contributed by atoms with van der Waals surface area (Å²) in [6, 6.07) is 6.02. The molecule has 0 amide bonds. The molecule has 112 valence electrons. The molecule has 1 atom stereocenters. The van der Waals surface area contributed by atoms with E-state index in [0.717, 1.165) is 42.9 Å². The molecule has 0 bridgehead atoms. The molecular formula is C18H17NO3. The van der Waals surface area contributed by atoms with E-state index in [2.05, 4.69) is 23.2 Å². The maximum Gasteiger partial charge on any atom is 0.231 e. The summed E-state index contributed by atoms with van der Waals surface area (Å²) < 4.78 is 17.3. The third-order valence-electron chi connectivity index (χ3n) is 4.74. The molecule has 4 nitrogen and oxygen atoms in total. The van der Waals surface area contributed by atoms with Crippen LogP contribution in [-0.4, -0.2) is 18.4 Å². The second-order valence-electron chi connectivity index (χ2n) is 5.93. The lowest BCUT2D eigenvalue weighted by atomic mass is 9.93. The fraction of sp³-hybridized carbons (Fsp3) is 0.333. The Morgan fingerprint density at radius 1 is 1.09 bits per heavy atom. The molecule has 1 aliphatic carbocycles. The highest BCUT2D eigenvalue weighted by Crippen LogP contribution is 2.44. The third kappa shape index (κ3) is 1.67. The van der Waals surface area contributed by atoms with Gasteiger partial charge in [0.1, 0.15) is 6.10 Å². The SMILES string of the molecule is C1=Cc2[nH]c3c(c2CC1)CCOC3c1cccc2c1OCO2. The van der Waals surface area contributed by atoms with E-state index >= 15 is 0 Å². The average Bonchev–Trinajstić information content (AvgIpc) is 3.18. The van der Waals surface area contributed by atoms with Crippen LogP contribution in [0, 0.1) is 0 Å². The first-order chi connectivity index (χ1) is 10.9. The van der Waals surface area contributed by atoms with Crippen molar-refractivity contribution >= 4 is 6.08 Å². The molecule has 2 aliphatic heterocycles. The Kier molecular flexibility index (Phi) is 2.61. The molecule has 0 fully saturated rings. The number of nitrogens with one attached hydrogen (secondary N) is 1. The van der Waals surface area contributed by atoms with Crippen molar-refractivity contribution in [2.75, 3.05) is 13.4 Å². The lowest BCUT2D eigenvalue weighted by molar-refractivity contribution is 0.0648. The summed E-state index contributed by atoms with van der Waals surface area (Å²) in [4.78, 5) is 3.59. The van der Waals surface area contributed by atoms with Gasteiger partial charge in [0, 0.05) is 11.3 Å². The Labute approximate surface area is 128 Å². The topological polar surface area (TPSA) is 43.5 Å². The van der Waals surface area contributed by atoms with Gasteiger partial charge in [0.15, 0.2) is 11.5 Å². The van der Waals surface area contributed by atoms with E-state index in [0.29, 0.717) is 0 Å². The van der Waals surface area contributed by atoms with Gasteiger partial charge in [-0.25, -0.2) is 0 Å². The molecule has 1 N–H and O–H groups in total. The van der Waals surface area contributed by atoms with Gasteiger partial charge >= 0.3 is 0 Å². The highest BCUT2D eigenvalue weighted by Gasteiger charge is 2.32. The predicted molar refractivity (Wildman–Crippen MR) is 82.2 cm³/mol. The number of hydrogen-bond donors (Lipinski definition) is 1. The van der Waals surface area contributed by atoms with E-state index < -0.39 is 0 Å². The van der Waals surface area contributed by atoms with Crippen LogP contribution in [0.1, 0.15) is 40.6 Å². The first-order valence-corrected chi connectivity index (χ1v) is 7.82. The molecule has 2 aromatic rings. The minimum absolute atomic E-state index is 0.0978. The second-order valence-corrected chi connectivity index (χ2v) is 5.93. The van der Waals surface area contributed by atoms with Gasteiger partial charge in [-0.1, -0.05) is 18.2 Å². The highest BCUT2D eigenvalue weighted by molar-refractivity contribution is 5.60. The normalized spacial score (nSPS) is 21.5. The third-order valence-corrected chi connectivity index (χ3v) is 4.74. The number of fused-ring (bicyclic) bond motifs is 4. The molecule has 1 aromatic carbocycles. The average molecular weight is 295 g/mol. The van der Waals surface area contributed by atoms with E-state index in [1.165, 1.54) is 22.5 Å². The number of benzene rings is 1. The number of rotatable bonds is 1. The summed E-state index contributed by atoms with van der Waals surface area (Å²) in [6.07, 6.45) is 7.56. The van der Waals surface area contributed by atoms with Crippen LogP contribution in [0.2, 0.25) is 0 Å². The van der Waals surface area contributed by atoms with Gasteiger partial charge in [-0.2, -0.15) is 0 Å². The first kappa shape index (κ1) is 12.4. The summed E-state index contributed by atoms with van der Waals surface area (Å²) in [7, 11) is 0. The predicted octanol–water partition coefficient (Wildman–Crippen LogP) is 3.36. The Bertz CT molecular complexity index is 775. The highest BCUT2D eigenvalue weighted by atomic mass is 16.7. The van der Waals surface area contributed by atoms with Gasteiger partial charge in [-0.15, -0.1) is 0 Å². The first-order valence-electron chi connectivity index (χ1n) is 7.82. The number of ether oxygens (including phenoxy) is 3. The largest absolute Gasteiger partial charge is 0.454 e. The number of H-pyrrole nitrogens is 1. The van der Waals surface area contributed by atoms with Crippen LogP contribution in [0.4, 0.5) is 0 Å². The number of aromatic nitrogens is 1. The molecule has 5 rings (SSSR count). The Morgan fingerprint density at radius 3 is 3.09 bits per heavy atom. The molecule has 3 aliphatic rings. The van der Waals surface area contributed by atoms with Crippen molar-refractivity contribution in [1.29, 1.82) is 0 Å². The Morgan fingerprint density at radius 2 is 2.09 bits per heavy atom. The Hall–Kier alpha value is -2.20. The van der Waals surface area contributed by atoms with Gasteiger partial charge < -0.3 is 19.2 Å². The maximum absolute atomic E-state index is 6.10. The number of hydrogen-bond acceptors (Lipinski definition) is 3. The zero-order valence-electron chi connectivity index (χ0n) is 12.2. The fourth-order valence-corrected chi connectivity index (χ4v) is 3.75. The molecule has 0 spiro atoms. The zero-order valence-corrected chi connectivity index (χ0v) is 12.2. The van der Waals surface area contributed by atoms with Crippen molar-refractivity contribution in [3.8, 4) is 11.5 Å². The molecule has 4 heteroatoms. The maximum atomic E-state index is 6.10. The fourth-order valence-electron chi connectivity index (χ4n) is 3.75. The minimum Gasteiger partial charge on any atom is -0.454 e. The minimum atomic E-state index is -0.0978. The smallest absolute Gasteiger partial charge is 0.231 e.